The van der Waals surface area contributed by atoms with Gasteiger partial charge in [-0.2, -0.15) is 0 Å². The van der Waals surface area contributed by atoms with Crippen LogP contribution in [0.5, 0.6) is 0 Å². The van der Waals surface area contributed by atoms with Gasteiger partial charge in [-0.1, -0.05) is 12.1 Å². The first kappa shape index (κ1) is 17.9. The molecule has 2 aliphatic rings. The lowest BCUT2D eigenvalue weighted by Gasteiger charge is -2.32. The number of aromatic nitrogens is 1. The fourth-order valence-electron chi connectivity index (χ4n) is 4.20. The molecule has 1 fully saturated rings. The summed E-state index contributed by atoms with van der Waals surface area (Å²) in [6, 6.07) is 7.57. The quantitative estimate of drug-likeness (QED) is 0.810. The van der Waals surface area contributed by atoms with Crippen molar-refractivity contribution in [3.8, 4) is 5.69 Å². The van der Waals surface area contributed by atoms with Crippen molar-refractivity contribution < 1.29 is 13.6 Å². The van der Waals surface area contributed by atoms with Gasteiger partial charge in [-0.15, -0.1) is 0 Å². The van der Waals surface area contributed by atoms with E-state index in [9.17, 15) is 18.4 Å². The number of aryl methyl sites for hydroxylation is 2. The zero-order valence-corrected chi connectivity index (χ0v) is 15.3. The Morgan fingerprint density at radius 3 is 2.74 bits per heavy atom. The van der Waals surface area contributed by atoms with Crippen molar-refractivity contribution in [3.05, 3.63) is 63.1 Å². The normalized spacial score (nSPS) is 18.4. The summed E-state index contributed by atoms with van der Waals surface area (Å²) in [6.45, 7) is 1.31. The summed E-state index contributed by atoms with van der Waals surface area (Å²) in [5.74, 6) is -3.49. The number of carbonyl (C=O) groups is 1. The van der Waals surface area contributed by atoms with E-state index in [1.165, 1.54) is 10.1 Å². The molecule has 0 radical (unpaired) electrons. The second kappa shape index (κ2) is 6.59. The predicted molar refractivity (Wildman–Crippen MR) is 98.9 cm³/mol. The van der Waals surface area contributed by atoms with Crippen molar-refractivity contribution in [3.63, 3.8) is 0 Å². The number of hydrogen-bond acceptors (Lipinski definition) is 2. The fourth-order valence-corrected chi connectivity index (χ4v) is 4.20. The Labute approximate surface area is 156 Å². The third-order valence-corrected chi connectivity index (χ3v) is 5.58. The molecule has 6 heteroatoms. The van der Waals surface area contributed by atoms with Crippen molar-refractivity contribution in [2.75, 3.05) is 13.1 Å². The van der Waals surface area contributed by atoms with Crippen LogP contribution in [0.3, 0.4) is 0 Å². The number of halogens is 2. The lowest BCUT2D eigenvalue weighted by molar-refractivity contribution is -0.0561. The van der Waals surface area contributed by atoms with Crippen LogP contribution in [0, 0.1) is 6.92 Å². The molecule has 0 spiro atoms. The molecule has 0 bridgehead atoms. The maximum Gasteiger partial charge on any atom is 0.268 e. The second-order valence-corrected chi connectivity index (χ2v) is 7.50. The Hall–Kier alpha value is -2.50. The van der Waals surface area contributed by atoms with Crippen molar-refractivity contribution >= 4 is 5.91 Å². The highest BCUT2D eigenvalue weighted by Crippen LogP contribution is 2.29. The van der Waals surface area contributed by atoms with Gasteiger partial charge < -0.3 is 4.90 Å². The van der Waals surface area contributed by atoms with E-state index in [0.29, 0.717) is 5.56 Å². The van der Waals surface area contributed by atoms with Crippen LogP contribution < -0.4 is 5.56 Å². The molecule has 2 aromatic rings. The van der Waals surface area contributed by atoms with Gasteiger partial charge in [-0.3, -0.25) is 14.2 Å². The standard InChI is InChI=1S/C21H22F2N2O2/c1-14-9-12-25(17-8-3-6-15-5-2-7-16(15)17)20(27)18(14)19(26)24-11-4-10-21(22,23)13-24/h3,6,8-9,12H,2,4-5,7,10-11,13H2,1H3. The summed E-state index contributed by atoms with van der Waals surface area (Å²) in [4.78, 5) is 27.2. The molecule has 2 heterocycles. The summed E-state index contributed by atoms with van der Waals surface area (Å²) < 4.78 is 29.0. The number of piperidine rings is 1. The molecule has 1 aliphatic carbocycles. The van der Waals surface area contributed by atoms with Gasteiger partial charge in [-0.05, 0) is 61.4 Å². The minimum atomic E-state index is -2.89. The van der Waals surface area contributed by atoms with Crippen LogP contribution in [0.2, 0.25) is 0 Å². The largest absolute Gasteiger partial charge is 0.332 e. The number of amides is 1. The van der Waals surface area contributed by atoms with E-state index in [2.05, 4.69) is 6.07 Å². The van der Waals surface area contributed by atoms with E-state index in [4.69, 9.17) is 0 Å². The predicted octanol–water partition coefficient (Wildman–Crippen LogP) is 3.51. The summed E-state index contributed by atoms with van der Waals surface area (Å²) in [7, 11) is 0. The molecule has 0 N–H and O–H groups in total. The van der Waals surface area contributed by atoms with Gasteiger partial charge in [0.25, 0.3) is 17.4 Å². The van der Waals surface area contributed by atoms with Crippen molar-refractivity contribution in [2.45, 2.75) is 45.0 Å². The van der Waals surface area contributed by atoms with Crippen molar-refractivity contribution in [2.24, 2.45) is 0 Å². The van der Waals surface area contributed by atoms with Crippen molar-refractivity contribution in [1.82, 2.24) is 9.47 Å². The highest BCUT2D eigenvalue weighted by atomic mass is 19.3. The minimum absolute atomic E-state index is 0.00852. The molecule has 0 atom stereocenters. The molecule has 1 saturated heterocycles. The van der Waals surface area contributed by atoms with Gasteiger partial charge in [0, 0.05) is 19.2 Å². The third kappa shape index (κ3) is 3.17. The number of nitrogens with zero attached hydrogens (tertiary/aromatic N) is 2. The Morgan fingerprint density at radius 2 is 1.96 bits per heavy atom. The van der Waals surface area contributed by atoms with E-state index < -0.39 is 23.9 Å². The monoisotopic (exact) mass is 372 g/mol. The molecule has 1 aliphatic heterocycles. The van der Waals surface area contributed by atoms with E-state index in [1.54, 1.807) is 19.2 Å². The maximum atomic E-state index is 13.7. The van der Waals surface area contributed by atoms with Crippen LogP contribution in [0.4, 0.5) is 8.78 Å². The van der Waals surface area contributed by atoms with Gasteiger partial charge in [0.15, 0.2) is 0 Å². The molecule has 0 unspecified atom stereocenters. The first-order valence-corrected chi connectivity index (χ1v) is 9.38. The van der Waals surface area contributed by atoms with Crippen LogP contribution in [-0.2, 0) is 12.8 Å². The molecular weight excluding hydrogens is 350 g/mol. The Balaban J connectivity index is 1.78. The molecule has 4 rings (SSSR count). The first-order valence-electron chi connectivity index (χ1n) is 9.38. The molecule has 142 valence electrons. The van der Waals surface area contributed by atoms with Crippen LogP contribution in [0.1, 0.15) is 46.3 Å². The summed E-state index contributed by atoms with van der Waals surface area (Å²) in [5, 5.41) is 0. The third-order valence-electron chi connectivity index (χ3n) is 5.58. The van der Waals surface area contributed by atoms with Gasteiger partial charge in [0.2, 0.25) is 0 Å². The number of fused-ring (bicyclic) bond motifs is 1. The van der Waals surface area contributed by atoms with Crippen LogP contribution >= 0.6 is 0 Å². The fraction of sp³-hybridized carbons (Fsp3) is 0.429. The molecule has 1 aromatic heterocycles. The zero-order chi connectivity index (χ0) is 19.2. The number of likely N-dealkylation sites (tertiary alicyclic amines) is 1. The Morgan fingerprint density at radius 1 is 1.15 bits per heavy atom. The average molecular weight is 372 g/mol. The smallest absolute Gasteiger partial charge is 0.268 e. The number of carbonyl (C=O) groups excluding carboxylic acids is 1. The Bertz CT molecular complexity index is 965. The van der Waals surface area contributed by atoms with Gasteiger partial charge in [-0.25, -0.2) is 8.78 Å². The number of alkyl halides is 2. The second-order valence-electron chi connectivity index (χ2n) is 7.50. The number of benzene rings is 1. The topological polar surface area (TPSA) is 42.3 Å². The van der Waals surface area contributed by atoms with Gasteiger partial charge in [0.05, 0.1) is 12.2 Å². The SMILES string of the molecule is Cc1ccn(-c2cccc3c2CCC3)c(=O)c1C(=O)N1CCCC(F)(F)C1. The highest BCUT2D eigenvalue weighted by molar-refractivity contribution is 5.95. The molecule has 4 nitrogen and oxygen atoms in total. The molecular formula is C21H22F2N2O2. The molecule has 1 amide bonds. The van der Waals surface area contributed by atoms with Crippen LogP contribution in [0.15, 0.2) is 35.3 Å². The van der Waals surface area contributed by atoms with Gasteiger partial charge >= 0.3 is 0 Å². The van der Waals surface area contributed by atoms with Gasteiger partial charge in [0.1, 0.15) is 5.56 Å². The molecule has 27 heavy (non-hydrogen) atoms. The first-order chi connectivity index (χ1) is 12.9. The van der Waals surface area contributed by atoms with E-state index in [-0.39, 0.29) is 24.9 Å². The highest BCUT2D eigenvalue weighted by Gasteiger charge is 2.38. The Kier molecular flexibility index (Phi) is 4.36. The van der Waals surface area contributed by atoms with E-state index >= 15 is 0 Å². The van der Waals surface area contributed by atoms with E-state index in [0.717, 1.165) is 35.4 Å². The van der Waals surface area contributed by atoms with Crippen LogP contribution in [-0.4, -0.2) is 34.4 Å². The molecule has 0 saturated carbocycles. The van der Waals surface area contributed by atoms with Crippen molar-refractivity contribution in [1.29, 1.82) is 0 Å². The van der Waals surface area contributed by atoms with Crippen LogP contribution in [0.25, 0.3) is 5.69 Å². The lowest BCUT2D eigenvalue weighted by Crippen LogP contribution is -2.47. The summed E-state index contributed by atoms with van der Waals surface area (Å²) >= 11 is 0. The summed E-state index contributed by atoms with van der Waals surface area (Å²) in [5.41, 5.74) is 3.21. The number of pyridine rings is 1. The molecule has 1 aromatic carbocycles. The maximum absolute atomic E-state index is 13.7. The number of rotatable bonds is 2. The lowest BCUT2D eigenvalue weighted by atomic mass is 10.0. The number of hydrogen-bond donors (Lipinski definition) is 0. The minimum Gasteiger partial charge on any atom is -0.332 e. The zero-order valence-electron chi connectivity index (χ0n) is 15.3. The van der Waals surface area contributed by atoms with E-state index in [1.807, 2.05) is 12.1 Å². The average Bonchev–Trinajstić information content (AvgIpc) is 3.10. The summed E-state index contributed by atoms with van der Waals surface area (Å²) in [6.07, 6.45) is 4.62.